The number of fused-ring (bicyclic) bond motifs is 2. The van der Waals surface area contributed by atoms with Crippen molar-refractivity contribution in [3.05, 3.63) is 77.9 Å². The average molecular weight is 374 g/mol. The van der Waals surface area contributed by atoms with Crippen molar-refractivity contribution in [2.75, 3.05) is 18.5 Å². The zero-order chi connectivity index (χ0) is 19.5. The molecular weight excluding hydrogens is 352 g/mol. The Labute approximate surface area is 164 Å². The number of hydrogen-bond donors (Lipinski definition) is 1. The van der Waals surface area contributed by atoms with Gasteiger partial charge >= 0.3 is 0 Å². The minimum atomic E-state index is -0.608. The van der Waals surface area contributed by atoms with Gasteiger partial charge in [-0.1, -0.05) is 54.6 Å². The first kappa shape index (κ1) is 18.2. The van der Waals surface area contributed by atoms with Gasteiger partial charge in [-0.2, -0.15) is 0 Å². The molecule has 2 heterocycles. The highest BCUT2D eigenvalue weighted by atomic mass is 16.5. The van der Waals surface area contributed by atoms with Crippen LogP contribution in [-0.4, -0.2) is 42.0 Å². The standard InChI is InChI=1S/C23H22N2O3/c1-2-14-28-20-12-13-25-21(20)22(26)24-19-11-10-17(15-18(19)23(25)27)9-8-16-6-4-3-5-7-16/h2-11,15,20-21H,1,12-14H2,(H,24,26)/b9-8+/t20-,21+/m1/s1. The van der Waals surface area contributed by atoms with Gasteiger partial charge in [0.25, 0.3) is 5.91 Å². The number of benzene rings is 2. The summed E-state index contributed by atoms with van der Waals surface area (Å²) >= 11 is 0. The van der Waals surface area contributed by atoms with Crippen LogP contribution in [0.15, 0.2) is 61.2 Å². The first-order valence-electron chi connectivity index (χ1n) is 9.39. The molecule has 2 aliphatic rings. The third-order valence-corrected chi connectivity index (χ3v) is 5.10. The molecule has 0 spiro atoms. The maximum Gasteiger partial charge on any atom is 0.256 e. The normalized spacial score (nSPS) is 21.2. The first-order chi connectivity index (χ1) is 13.7. The van der Waals surface area contributed by atoms with Gasteiger partial charge in [-0.3, -0.25) is 9.59 Å². The average Bonchev–Trinajstić information content (AvgIpc) is 3.11. The van der Waals surface area contributed by atoms with E-state index in [1.54, 1.807) is 17.0 Å². The van der Waals surface area contributed by atoms with E-state index in [9.17, 15) is 9.59 Å². The van der Waals surface area contributed by atoms with Crippen molar-refractivity contribution in [1.82, 2.24) is 4.90 Å². The van der Waals surface area contributed by atoms with Crippen LogP contribution in [0.5, 0.6) is 0 Å². The minimum absolute atomic E-state index is 0.141. The molecule has 5 heteroatoms. The predicted octanol–water partition coefficient (Wildman–Crippen LogP) is 3.59. The van der Waals surface area contributed by atoms with Gasteiger partial charge in [0.1, 0.15) is 6.04 Å². The Hall–Kier alpha value is -3.18. The molecule has 0 aromatic heterocycles. The van der Waals surface area contributed by atoms with Gasteiger partial charge in [-0.25, -0.2) is 0 Å². The monoisotopic (exact) mass is 374 g/mol. The molecule has 1 fully saturated rings. The maximum absolute atomic E-state index is 13.1. The highest BCUT2D eigenvalue weighted by Crippen LogP contribution is 2.31. The lowest BCUT2D eigenvalue weighted by Gasteiger charge is -2.24. The van der Waals surface area contributed by atoms with Gasteiger partial charge in [0.05, 0.1) is 24.0 Å². The predicted molar refractivity (Wildman–Crippen MR) is 110 cm³/mol. The smallest absolute Gasteiger partial charge is 0.256 e. The van der Waals surface area contributed by atoms with E-state index in [1.807, 2.05) is 54.6 Å². The fourth-order valence-corrected chi connectivity index (χ4v) is 3.74. The van der Waals surface area contributed by atoms with Gasteiger partial charge in [-0.05, 0) is 29.7 Å². The quantitative estimate of drug-likeness (QED) is 0.643. The van der Waals surface area contributed by atoms with E-state index in [0.29, 0.717) is 30.8 Å². The van der Waals surface area contributed by atoms with Crippen molar-refractivity contribution in [2.45, 2.75) is 18.6 Å². The van der Waals surface area contributed by atoms with Gasteiger partial charge in [-0.15, -0.1) is 6.58 Å². The summed E-state index contributed by atoms with van der Waals surface area (Å²) in [6.07, 6.45) is 5.94. The summed E-state index contributed by atoms with van der Waals surface area (Å²) in [5.74, 6) is -0.343. The molecule has 0 saturated carbocycles. The fraction of sp³-hybridized carbons (Fsp3) is 0.217. The van der Waals surface area contributed by atoms with Crippen molar-refractivity contribution < 1.29 is 14.3 Å². The van der Waals surface area contributed by atoms with Crippen LogP contribution in [0.4, 0.5) is 5.69 Å². The molecule has 0 radical (unpaired) electrons. The molecule has 0 bridgehead atoms. The Kier molecular flexibility index (Phi) is 5.08. The van der Waals surface area contributed by atoms with E-state index in [0.717, 1.165) is 11.1 Å². The number of carbonyl (C=O) groups excluding carboxylic acids is 2. The van der Waals surface area contributed by atoms with Crippen LogP contribution in [-0.2, 0) is 9.53 Å². The molecule has 2 aromatic rings. The number of amides is 2. The summed E-state index contributed by atoms with van der Waals surface area (Å²) in [6, 6.07) is 14.9. The molecule has 2 aliphatic heterocycles. The van der Waals surface area contributed by atoms with Crippen molar-refractivity contribution in [2.24, 2.45) is 0 Å². The first-order valence-corrected chi connectivity index (χ1v) is 9.39. The topological polar surface area (TPSA) is 58.6 Å². The Morgan fingerprint density at radius 2 is 1.89 bits per heavy atom. The molecular formula is C23H22N2O3. The Morgan fingerprint density at radius 1 is 1.11 bits per heavy atom. The highest BCUT2D eigenvalue weighted by Gasteiger charge is 2.45. The molecule has 5 nitrogen and oxygen atoms in total. The van der Waals surface area contributed by atoms with E-state index in [2.05, 4.69) is 11.9 Å². The number of nitrogens with zero attached hydrogens (tertiary/aromatic N) is 1. The van der Waals surface area contributed by atoms with Crippen molar-refractivity contribution in [3.8, 4) is 0 Å². The Balaban J connectivity index is 1.61. The van der Waals surface area contributed by atoms with Crippen molar-refractivity contribution in [1.29, 1.82) is 0 Å². The zero-order valence-electron chi connectivity index (χ0n) is 15.5. The maximum atomic E-state index is 13.1. The molecule has 0 aliphatic carbocycles. The van der Waals surface area contributed by atoms with E-state index in [-0.39, 0.29) is 17.9 Å². The third-order valence-electron chi connectivity index (χ3n) is 5.10. The van der Waals surface area contributed by atoms with Gasteiger partial charge in [0, 0.05) is 6.54 Å². The van der Waals surface area contributed by atoms with Crippen LogP contribution in [0.3, 0.4) is 0 Å². The van der Waals surface area contributed by atoms with Crippen LogP contribution in [0.25, 0.3) is 12.2 Å². The lowest BCUT2D eigenvalue weighted by atomic mass is 10.1. The summed E-state index contributed by atoms with van der Waals surface area (Å²) in [4.78, 5) is 27.5. The summed E-state index contributed by atoms with van der Waals surface area (Å²) in [6.45, 7) is 4.51. The summed E-state index contributed by atoms with van der Waals surface area (Å²) < 4.78 is 5.72. The Morgan fingerprint density at radius 3 is 2.68 bits per heavy atom. The van der Waals surface area contributed by atoms with E-state index in [1.165, 1.54) is 0 Å². The third kappa shape index (κ3) is 3.49. The second-order valence-electron chi connectivity index (χ2n) is 6.93. The minimum Gasteiger partial charge on any atom is -0.371 e. The van der Waals surface area contributed by atoms with Crippen LogP contribution in [0.2, 0.25) is 0 Å². The molecule has 0 unspecified atom stereocenters. The number of ether oxygens (including phenoxy) is 1. The largest absolute Gasteiger partial charge is 0.371 e. The molecule has 142 valence electrons. The van der Waals surface area contributed by atoms with Crippen LogP contribution >= 0.6 is 0 Å². The molecule has 1 saturated heterocycles. The Bertz CT molecular complexity index is 936. The van der Waals surface area contributed by atoms with Crippen LogP contribution in [0, 0.1) is 0 Å². The van der Waals surface area contributed by atoms with E-state index >= 15 is 0 Å². The molecule has 2 atom stereocenters. The number of hydrogen-bond acceptors (Lipinski definition) is 3. The van der Waals surface area contributed by atoms with Gasteiger partial charge in [0.15, 0.2) is 0 Å². The summed E-state index contributed by atoms with van der Waals surface area (Å²) in [7, 11) is 0. The molecule has 2 amide bonds. The van der Waals surface area contributed by atoms with Gasteiger partial charge < -0.3 is 15.0 Å². The van der Waals surface area contributed by atoms with Crippen molar-refractivity contribution in [3.63, 3.8) is 0 Å². The fourth-order valence-electron chi connectivity index (χ4n) is 3.74. The van der Waals surface area contributed by atoms with Crippen LogP contribution < -0.4 is 5.32 Å². The second-order valence-corrected chi connectivity index (χ2v) is 6.93. The number of anilines is 1. The highest BCUT2D eigenvalue weighted by molar-refractivity contribution is 6.10. The van der Waals surface area contributed by atoms with Crippen LogP contribution in [0.1, 0.15) is 27.9 Å². The summed E-state index contributed by atoms with van der Waals surface area (Å²) in [5.41, 5.74) is 3.04. The number of carbonyl (C=O) groups is 2. The zero-order valence-corrected chi connectivity index (χ0v) is 15.5. The summed E-state index contributed by atoms with van der Waals surface area (Å²) in [5, 5.41) is 2.90. The lowest BCUT2D eigenvalue weighted by Crippen LogP contribution is -2.46. The molecule has 28 heavy (non-hydrogen) atoms. The number of rotatable bonds is 5. The van der Waals surface area contributed by atoms with Crippen molar-refractivity contribution >= 4 is 29.7 Å². The van der Waals surface area contributed by atoms with Gasteiger partial charge in [0.2, 0.25) is 5.91 Å². The molecule has 4 rings (SSSR count). The SMILES string of the molecule is C=CCO[C@@H]1CCN2C(=O)c3cc(/C=C/c4ccccc4)ccc3NC(=O)[C@H]12. The second kappa shape index (κ2) is 7.82. The van der Waals surface area contributed by atoms with E-state index < -0.39 is 6.04 Å². The molecule has 1 N–H and O–H groups in total. The lowest BCUT2D eigenvalue weighted by molar-refractivity contribution is -0.122. The molecule has 2 aromatic carbocycles. The number of nitrogens with one attached hydrogen (secondary N) is 1. The van der Waals surface area contributed by atoms with E-state index in [4.69, 9.17) is 4.74 Å².